The Morgan fingerprint density at radius 3 is 2.59 bits per heavy atom. The highest BCUT2D eigenvalue weighted by atomic mass is 35.5. The van der Waals surface area contributed by atoms with E-state index in [-0.39, 0.29) is 0 Å². The molecule has 22 heavy (non-hydrogen) atoms. The fraction of sp³-hybridized carbons (Fsp3) is 0.375. The molecule has 0 unspecified atom stereocenters. The van der Waals surface area contributed by atoms with Crippen LogP contribution in [0, 0.1) is 6.92 Å². The van der Waals surface area contributed by atoms with Crippen LogP contribution in [0.25, 0.3) is 0 Å². The zero-order chi connectivity index (χ0) is 15.8. The molecule has 118 valence electrons. The third kappa shape index (κ3) is 5.50. The molecule has 0 spiro atoms. The van der Waals surface area contributed by atoms with Crippen molar-refractivity contribution >= 4 is 23.4 Å². The Bertz CT molecular complexity index is 589. The number of nitrogens with one attached hydrogen (secondary N) is 2. The molecule has 0 fully saturated rings. The minimum atomic E-state index is 0.617. The Balaban J connectivity index is 1.87. The topological polar surface area (TPSA) is 59.1 Å². The van der Waals surface area contributed by atoms with Crippen LogP contribution < -0.4 is 10.6 Å². The first-order valence-corrected chi connectivity index (χ1v) is 7.62. The number of methoxy groups -OCH3 is 1. The smallest absolute Gasteiger partial charge is 0.224 e. The van der Waals surface area contributed by atoms with E-state index in [9.17, 15) is 0 Å². The molecule has 6 heteroatoms. The van der Waals surface area contributed by atoms with Gasteiger partial charge in [-0.3, -0.25) is 0 Å². The van der Waals surface area contributed by atoms with Crippen molar-refractivity contribution in [3.05, 3.63) is 46.6 Å². The maximum absolute atomic E-state index is 5.88. The Hall–Kier alpha value is -1.85. The lowest BCUT2D eigenvalue weighted by Crippen LogP contribution is -2.13. The predicted molar refractivity (Wildman–Crippen MR) is 90.8 cm³/mol. The Morgan fingerprint density at radius 1 is 1.09 bits per heavy atom. The van der Waals surface area contributed by atoms with Crippen molar-refractivity contribution in [2.75, 3.05) is 37.4 Å². The highest BCUT2D eigenvalue weighted by Crippen LogP contribution is 2.12. The number of rotatable bonds is 8. The highest BCUT2D eigenvalue weighted by Gasteiger charge is 2.02. The molecule has 0 saturated carbocycles. The first-order valence-electron chi connectivity index (χ1n) is 7.24. The molecule has 0 aliphatic heterocycles. The molecule has 5 nitrogen and oxygen atoms in total. The molecule has 0 aliphatic rings. The molecule has 0 bridgehead atoms. The predicted octanol–water partition coefficient (Wildman–Crippen LogP) is 3.15. The quantitative estimate of drug-likeness (QED) is 0.732. The maximum Gasteiger partial charge on any atom is 0.224 e. The van der Waals surface area contributed by atoms with Gasteiger partial charge in [0.05, 0.1) is 6.61 Å². The fourth-order valence-corrected chi connectivity index (χ4v) is 2.12. The van der Waals surface area contributed by atoms with Gasteiger partial charge in [-0.15, -0.1) is 0 Å². The zero-order valence-corrected chi connectivity index (χ0v) is 13.7. The minimum absolute atomic E-state index is 0.617. The van der Waals surface area contributed by atoms with Crippen LogP contribution in [-0.2, 0) is 11.2 Å². The number of aromatic nitrogens is 2. The van der Waals surface area contributed by atoms with Crippen LogP contribution >= 0.6 is 11.6 Å². The molecule has 1 aromatic heterocycles. The largest absolute Gasteiger partial charge is 0.383 e. The van der Waals surface area contributed by atoms with Crippen molar-refractivity contribution in [2.24, 2.45) is 0 Å². The first kappa shape index (κ1) is 16.5. The standard InChI is InChI=1S/C16H21ClN4O/c1-12-11-15(21-16(20-12)19-9-10-22-2)18-8-7-13-3-5-14(17)6-4-13/h3-6,11H,7-10H2,1-2H3,(H2,18,19,20,21). The van der Waals surface area contributed by atoms with Gasteiger partial charge < -0.3 is 15.4 Å². The second-order valence-electron chi connectivity index (χ2n) is 4.94. The number of hydrogen-bond acceptors (Lipinski definition) is 5. The minimum Gasteiger partial charge on any atom is -0.383 e. The maximum atomic E-state index is 5.88. The number of nitrogens with zero attached hydrogens (tertiary/aromatic N) is 2. The van der Waals surface area contributed by atoms with E-state index < -0.39 is 0 Å². The summed E-state index contributed by atoms with van der Waals surface area (Å²) in [5, 5.41) is 7.22. The van der Waals surface area contributed by atoms with Gasteiger partial charge in [0.1, 0.15) is 5.82 Å². The average Bonchev–Trinajstić information content (AvgIpc) is 2.49. The van der Waals surface area contributed by atoms with E-state index >= 15 is 0 Å². The fourth-order valence-electron chi connectivity index (χ4n) is 1.99. The van der Waals surface area contributed by atoms with Crippen LogP contribution in [0.4, 0.5) is 11.8 Å². The van der Waals surface area contributed by atoms with Gasteiger partial charge in [-0.05, 0) is 31.0 Å². The van der Waals surface area contributed by atoms with E-state index in [1.807, 2.05) is 37.3 Å². The molecule has 2 N–H and O–H groups in total. The summed E-state index contributed by atoms with van der Waals surface area (Å²) in [4.78, 5) is 8.79. The van der Waals surface area contributed by atoms with Crippen molar-refractivity contribution < 1.29 is 4.74 Å². The van der Waals surface area contributed by atoms with Crippen LogP contribution in [0.2, 0.25) is 5.02 Å². The third-order valence-corrected chi connectivity index (χ3v) is 3.33. The second-order valence-corrected chi connectivity index (χ2v) is 5.38. The van der Waals surface area contributed by atoms with Crippen molar-refractivity contribution in [3.8, 4) is 0 Å². The zero-order valence-electron chi connectivity index (χ0n) is 12.9. The SMILES string of the molecule is COCCNc1nc(C)cc(NCCc2ccc(Cl)cc2)n1. The van der Waals surface area contributed by atoms with Crippen LogP contribution in [0.3, 0.4) is 0 Å². The summed E-state index contributed by atoms with van der Waals surface area (Å²) in [6.45, 7) is 4.06. The Kier molecular flexibility index (Phi) is 6.43. The van der Waals surface area contributed by atoms with Crippen LogP contribution in [-0.4, -0.2) is 36.8 Å². The van der Waals surface area contributed by atoms with Gasteiger partial charge in [-0.1, -0.05) is 23.7 Å². The normalized spacial score (nSPS) is 10.5. The van der Waals surface area contributed by atoms with Crippen LogP contribution in [0.15, 0.2) is 30.3 Å². The van der Waals surface area contributed by atoms with Gasteiger partial charge in [0.25, 0.3) is 0 Å². The van der Waals surface area contributed by atoms with E-state index in [1.165, 1.54) is 5.56 Å². The molecule has 0 radical (unpaired) electrons. The van der Waals surface area contributed by atoms with Gasteiger partial charge in [-0.25, -0.2) is 4.98 Å². The van der Waals surface area contributed by atoms with Crippen molar-refractivity contribution in [3.63, 3.8) is 0 Å². The van der Waals surface area contributed by atoms with Crippen molar-refractivity contribution in [2.45, 2.75) is 13.3 Å². The molecule has 0 atom stereocenters. The molecular formula is C16H21ClN4O. The Labute approximate surface area is 136 Å². The van der Waals surface area contributed by atoms with Gasteiger partial charge in [0, 0.05) is 37.0 Å². The van der Waals surface area contributed by atoms with Crippen molar-refractivity contribution in [1.82, 2.24) is 9.97 Å². The first-order chi connectivity index (χ1) is 10.7. The number of halogens is 1. The monoisotopic (exact) mass is 320 g/mol. The van der Waals surface area contributed by atoms with Crippen LogP contribution in [0.5, 0.6) is 0 Å². The lowest BCUT2D eigenvalue weighted by Gasteiger charge is -2.10. The summed E-state index contributed by atoms with van der Waals surface area (Å²) in [5.74, 6) is 1.44. The molecule has 1 heterocycles. The molecule has 0 aliphatic carbocycles. The third-order valence-electron chi connectivity index (χ3n) is 3.08. The number of ether oxygens (including phenoxy) is 1. The summed E-state index contributed by atoms with van der Waals surface area (Å²) in [5.41, 5.74) is 2.16. The van der Waals surface area contributed by atoms with Crippen molar-refractivity contribution in [1.29, 1.82) is 0 Å². The number of anilines is 2. The van der Waals surface area contributed by atoms with E-state index in [4.69, 9.17) is 16.3 Å². The average molecular weight is 321 g/mol. The molecule has 1 aromatic carbocycles. The molecule has 0 saturated heterocycles. The number of hydrogen-bond donors (Lipinski definition) is 2. The summed E-state index contributed by atoms with van der Waals surface area (Å²) in [7, 11) is 1.67. The molecular weight excluding hydrogens is 300 g/mol. The lowest BCUT2D eigenvalue weighted by molar-refractivity contribution is 0.210. The van der Waals surface area contributed by atoms with Crippen LogP contribution in [0.1, 0.15) is 11.3 Å². The van der Waals surface area contributed by atoms with Gasteiger partial charge in [0.2, 0.25) is 5.95 Å². The number of aryl methyl sites for hydroxylation is 1. The van der Waals surface area contributed by atoms with Gasteiger partial charge in [0.15, 0.2) is 0 Å². The van der Waals surface area contributed by atoms with E-state index in [0.717, 1.165) is 29.5 Å². The summed E-state index contributed by atoms with van der Waals surface area (Å²) >= 11 is 5.88. The second kappa shape index (κ2) is 8.56. The highest BCUT2D eigenvalue weighted by molar-refractivity contribution is 6.30. The Morgan fingerprint density at radius 2 is 1.86 bits per heavy atom. The molecule has 2 rings (SSSR count). The van der Waals surface area contributed by atoms with Gasteiger partial charge >= 0.3 is 0 Å². The molecule has 2 aromatic rings. The van der Waals surface area contributed by atoms with E-state index in [1.54, 1.807) is 7.11 Å². The van der Waals surface area contributed by atoms with E-state index in [0.29, 0.717) is 19.1 Å². The molecule has 0 amide bonds. The number of benzene rings is 1. The van der Waals surface area contributed by atoms with E-state index in [2.05, 4.69) is 20.6 Å². The lowest BCUT2D eigenvalue weighted by atomic mass is 10.1. The van der Waals surface area contributed by atoms with Gasteiger partial charge in [-0.2, -0.15) is 4.98 Å². The summed E-state index contributed by atoms with van der Waals surface area (Å²) in [6, 6.07) is 9.82. The summed E-state index contributed by atoms with van der Waals surface area (Å²) < 4.78 is 5.00. The summed E-state index contributed by atoms with van der Waals surface area (Å²) in [6.07, 6.45) is 0.909.